The third-order valence-electron chi connectivity index (χ3n) is 10.2. The molecule has 0 amide bonds. The van der Waals surface area contributed by atoms with Crippen molar-refractivity contribution in [1.29, 1.82) is 0 Å². The predicted molar refractivity (Wildman–Crippen MR) is 347 cm³/mol. The molecule has 0 radical (unpaired) electrons. The van der Waals surface area contributed by atoms with Gasteiger partial charge in [-0.15, -0.1) is 0 Å². The first-order chi connectivity index (χ1) is 38.6. The molecule has 5 rings (SSSR count). The van der Waals surface area contributed by atoms with Gasteiger partial charge < -0.3 is 40.2 Å². The third kappa shape index (κ3) is 42.6. The zero-order valence-electron chi connectivity index (χ0n) is 46.0. The maximum absolute atomic E-state index is 11.2. The molecule has 0 heterocycles. The van der Waals surface area contributed by atoms with Crippen LogP contribution >= 0.6 is 137 Å². The molecule has 5 aromatic rings. The molecule has 0 bridgehead atoms. The third-order valence-corrected chi connectivity index (χ3v) is 12.4. The second-order valence-electron chi connectivity index (χ2n) is 16.0. The Bertz CT molecular complexity index is 2430. The first-order valence-corrected chi connectivity index (χ1v) is 30.5. The zero-order chi connectivity index (χ0) is 63.7. The molecule has 0 saturated heterocycles. The van der Waals surface area contributed by atoms with Crippen LogP contribution in [0.4, 0.5) is 0 Å². The van der Waals surface area contributed by atoms with E-state index in [1.165, 1.54) is 21.3 Å². The smallest absolute Gasteiger partial charge is 0.307 e. The Morgan fingerprint density at radius 2 is 0.699 bits per heavy atom. The minimum atomic E-state index is -1.67. The van der Waals surface area contributed by atoms with Crippen molar-refractivity contribution in [2.45, 2.75) is 90.6 Å². The van der Waals surface area contributed by atoms with Crippen LogP contribution in [0.3, 0.4) is 0 Å². The summed E-state index contributed by atoms with van der Waals surface area (Å²) in [4.78, 5) is 54.5. The van der Waals surface area contributed by atoms with Gasteiger partial charge in [-0.2, -0.15) is 0 Å². The van der Waals surface area contributed by atoms with Crippen LogP contribution in [0.25, 0.3) is 0 Å². The number of halogens is 12. The fraction of sp³-hybridized carbons (Fsp3) is 0.375. The van der Waals surface area contributed by atoms with Crippen LogP contribution in [-0.4, -0.2) is 98.8 Å². The number of carbonyl (C=O) groups excluding carboxylic acids is 4. The highest BCUT2D eigenvalue weighted by molar-refractivity contribution is 8.26. The molecule has 5 N–H and O–H groups in total. The summed E-state index contributed by atoms with van der Waals surface area (Å²) in [5.74, 6) is -1.52. The van der Waals surface area contributed by atoms with Crippen molar-refractivity contribution in [2.24, 2.45) is 0 Å². The molecule has 0 aliphatic rings. The summed E-state index contributed by atoms with van der Waals surface area (Å²) < 4.78 is 23.0. The minimum Gasteiger partial charge on any atom is -0.481 e. The van der Waals surface area contributed by atoms with E-state index in [0.717, 1.165) is 42.2 Å². The van der Waals surface area contributed by atoms with Crippen LogP contribution in [0, 0.1) is 0 Å². The number of aliphatic carboxylic acids is 1. The number of nitrogens with one attached hydrogen (secondary N) is 2. The molecule has 4 atom stereocenters. The van der Waals surface area contributed by atoms with E-state index >= 15 is 0 Å². The fourth-order valence-corrected chi connectivity index (χ4v) is 9.30. The maximum Gasteiger partial charge on any atom is 0.307 e. The second kappa shape index (κ2) is 51.2. The lowest BCUT2D eigenvalue weighted by atomic mass is 9.93. The summed E-state index contributed by atoms with van der Waals surface area (Å²) in [6.45, 7) is 5.89. The van der Waals surface area contributed by atoms with Crippen molar-refractivity contribution in [3.8, 4) is 0 Å². The SMILES string of the molecule is C.CCC(CC(=O)O)c1cc(Cl)cc(Cl)c1.CCC(CC(=O)OC)c1cc(Cl)cc(Cl)c1.CCO.CN[C@@H](CC(=O)OC)c1cc(Cl)cc(Cl)c1.CN[C@H](CC(=O)OC)c1cc(Cl)cc(Cl)c1.CO.O=Cc1cc(Cl)cc(Cl)c1.O=S(Cl)Cl. The van der Waals surface area contributed by atoms with Crippen molar-refractivity contribution < 1.29 is 57.7 Å². The standard InChI is InChI=1S/C12H14Cl2O2.2C11H13Cl2NO2.C11H12Cl2O2.C7H4Cl2O.C2H6O.CH4O.CH4.Cl2OS/c1-3-8(6-12(15)16-2)9-4-10(13)7-11(14)5-9;2*1-14-10(6-11(15)16-2)7-3-8(12)5-9(13)4-7;1-2-7(5-11(14)15)8-3-9(12)6-10(13)4-8;8-6-1-5(4-10)2-7(9)3-6;1-2-3;1-2;;1-4(2)3/h4-5,7-8H,3,6H2,1-2H3;2*3-5,10,14H,6H2,1-2H3;3-4,6-7H,2,5H2,1H3,(H,14,15);1-4H;3H,2H2,1H3;2H,1H3;1H4;/t;2*10-;;;;;;/m.10....../s1. The number of esters is 3. The number of hydrogen-bond acceptors (Lipinski definition) is 13. The van der Waals surface area contributed by atoms with Crippen molar-refractivity contribution in [3.63, 3.8) is 0 Å². The lowest BCUT2D eigenvalue weighted by molar-refractivity contribution is -0.142. The van der Waals surface area contributed by atoms with E-state index in [2.05, 4.69) is 46.2 Å². The van der Waals surface area contributed by atoms with Gasteiger partial charge in [0, 0.05) is 103 Å². The average Bonchev–Trinajstić information content (AvgIpc) is 3.46. The van der Waals surface area contributed by atoms with Crippen LogP contribution < -0.4 is 10.6 Å². The van der Waals surface area contributed by atoms with Crippen molar-refractivity contribution in [3.05, 3.63) is 169 Å². The average molecular weight is 1420 g/mol. The highest BCUT2D eigenvalue weighted by Gasteiger charge is 2.19. The number of aliphatic hydroxyl groups is 2. The largest absolute Gasteiger partial charge is 0.481 e. The van der Waals surface area contributed by atoms with Gasteiger partial charge in [0.15, 0.2) is 0 Å². The summed E-state index contributed by atoms with van der Waals surface area (Å²) >= 11 is 58.3. The van der Waals surface area contributed by atoms with Gasteiger partial charge in [0.25, 0.3) is 0 Å². The summed E-state index contributed by atoms with van der Waals surface area (Å²) in [6.07, 6.45) is 3.23. The van der Waals surface area contributed by atoms with E-state index in [1.807, 2.05) is 26.0 Å². The van der Waals surface area contributed by atoms with Gasteiger partial charge in [0.2, 0.25) is 9.23 Å². The lowest BCUT2D eigenvalue weighted by Crippen LogP contribution is -2.20. The Kier molecular flexibility index (Phi) is 53.4. The first kappa shape index (κ1) is 86.6. The van der Waals surface area contributed by atoms with Gasteiger partial charge >= 0.3 is 23.9 Å². The molecule has 466 valence electrons. The Morgan fingerprint density at radius 1 is 0.482 bits per heavy atom. The van der Waals surface area contributed by atoms with E-state index in [1.54, 1.807) is 99.9 Å². The van der Waals surface area contributed by atoms with Gasteiger partial charge in [-0.3, -0.25) is 24.0 Å². The number of aldehydes is 1. The number of aliphatic hydroxyl groups excluding tert-OH is 2. The molecule has 5 aromatic carbocycles. The van der Waals surface area contributed by atoms with E-state index in [4.69, 9.17) is 136 Å². The molecule has 83 heavy (non-hydrogen) atoms. The number of rotatable bonds is 17. The lowest BCUT2D eigenvalue weighted by Gasteiger charge is -2.15. The molecule has 14 nitrogen and oxygen atoms in total. The molecule has 2 unspecified atom stereocenters. The predicted octanol–water partition coefficient (Wildman–Crippen LogP) is 17.7. The van der Waals surface area contributed by atoms with Crippen molar-refractivity contribution >= 4 is 177 Å². The normalized spacial score (nSPS) is 11.2. The fourth-order valence-electron chi connectivity index (χ4n) is 6.58. The Labute approximate surface area is 549 Å². The Balaban J connectivity index is -0.000000454. The molecular formula is C56H70Cl12N2O12S. The van der Waals surface area contributed by atoms with Gasteiger partial charge in [0.05, 0.1) is 47.0 Å². The Morgan fingerprint density at radius 3 is 0.904 bits per heavy atom. The van der Waals surface area contributed by atoms with Crippen LogP contribution in [0.2, 0.25) is 50.2 Å². The van der Waals surface area contributed by atoms with Gasteiger partial charge in [-0.05, 0) is 159 Å². The van der Waals surface area contributed by atoms with Crippen LogP contribution in [0.15, 0.2) is 91.0 Å². The summed E-state index contributed by atoms with van der Waals surface area (Å²) in [5, 5.41) is 34.8. The topological polar surface area (TPSA) is 215 Å². The number of methoxy groups -OCH3 is 3. The number of carboxylic acids is 1. The molecule has 0 fully saturated rings. The molecule has 0 spiro atoms. The Hall–Kier alpha value is -2.88. The number of ether oxygens (including phenoxy) is 3. The van der Waals surface area contributed by atoms with E-state index in [-0.39, 0.29) is 75.1 Å². The van der Waals surface area contributed by atoms with Crippen LogP contribution in [0.1, 0.15) is 123 Å². The maximum atomic E-state index is 11.2. The van der Waals surface area contributed by atoms with Crippen molar-refractivity contribution in [1.82, 2.24) is 10.6 Å². The van der Waals surface area contributed by atoms with E-state index in [0.29, 0.717) is 68.5 Å². The molecule has 0 aliphatic carbocycles. The highest BCUT2D eigenvalue weighted by atomic mass is 36.0. The van der Waals surface area contributed by atoms with Gasteiger partial charge in [-0.25, -0.2) is 4.21 Å². The number of carbonyl (C=O) groups is 5. The summed E-state index contributed by atoms with van der Waals surface area (Å²) in [5.41, 5.74) is 4.09. The molecule has 0 saturated carbocycles. The number of hydrogen-bond donors (Lipinski definition) is 5. The number of benzene rings is 5. The van der Waals surface area contributed by atoms with Gasteiger partial charge in [0.1, 0.15) is 6.29 Å². The van der Waals surface area contributed by atoms with E-state index in [9.17, 15) is 24.0 Å². The first-order valence-electron chi connectivity index (χ1n) is 23.9. The molecule has 27 heteroatoms. The van der Waals surface area contributed by atoms with Crippen LogP contribution in [-0.2, 0) is 42.6 Å². The van der Waals surface area contributed by atoms with Crippen LogP contribution in [0.5, 0.6) is 0 Å². The minimum absolute atomic E-state index is 0. The summed E-state index contributed by atoms with van der Waals surface area (Å²) in [6, 6.07) is 25.3. The monoisotopic (exact) mass is 1410 g/mol. The number of carboxylic acid groups (broad SMARTS) is 1. The second-order valence-corrected chi connectivity index (χ2v) is 22.9. The molecule has 0 aliphatic heterocycles. The molecule has 0 aromatic heterocycles. The van der Waals surface area contributed by atoms with Crippen molar-refractivity contribution in [2.75, 3.05) is 49.1 Å². The van der Waals surface area contributed by atoms with Gasteiger partial charge in [-0.1, -0.05) is 137 Å². The quantitative estimate of drug-likeness (QED) is 0.0254. The van der Waals surface area contributed by atoms with E-state index < -0.39 is 15.2 Å². The zero-order valence-corrected chi connectivity index (χ0v) is 55.8. The molecular weight excluding hydrogens is 1350 g/mol. The summed E-state index contributed by atoms with van der Waals surface area (Å²) in [7, 11) is 16.0. The highest BCUT2D eigenvalue weighted by Crippen LogP contribution is 2.31.